The molecule has 0 heterocycles. The van der Waals surface area contributed by atoms with Gasteiger partial charge in [-0.05, 0) is 82.3 Å². The number of hydrogen-bond donors (Lipinski definition) is 0. The molecule has 1 heteroatoms. The van der Waals surface area contributed by atoms with E-state index in [1.54, 1.807) is 11.1 Å². The standard InChI is InChI=1S/C20H33N/c1-14(2)20(18-8-6-7-16(18)4)19(21-5)13-17-11-9-15(3)10-12-17/h15,17H,6-13H2,1-5H3/b21-19-. The van der Waals surface area contributed by atoms with Crippen molar-refractivity contribution in [1.82, 2.24) is 0 Å². The van der Waals surface area contributed by atoms with E-state index in [0.717, 1.165) is 11.8 Å². The number of hydrogen-bond acceptors (Lipinski definition) is 1. The molecule has 1 saturated carbocycles. The average molecular weight is 287 g/mol. The van der Waals surface area contributed by atoms with E-state index in [-0.39, 0.29) is 0 Å². The van der Waals surface area contributed by atoms with Crippen molar-refractivity contribution in [2.24, 2.45) is 16.8 Å². The molecule has 0 atom stereocenters. The monoisotopic (exact) mass is 287 g/mol. The summed E-state index contributed by atoms with van der Waals surface area (Å²) in [6.07, 6.45) is 10.7. The zero-order chi connectivity index (χ0) is 15.4. The fourth-order valence-electron chi connectivity index (χ4n) is 4.11. The molecular formula is C20H33N. The van der Waals surface area contributed by atoms with Crippen LogP contribution in [0.15, 0.2) is 27.3 Å². The van der Waals surface area contributed by atoms with E-state index >= 15 is 0 Å². The highest BCUT2D eigenvalue weighted by Gasteiger charge is 2.24. The molecule has 2 rings (SSSR count). The Morgan fingerprint density at radius 2 is 1.76 bits per heavy atom. The molecule has 1 fully saturated rings. The summed E-state index contributed by atoms with van der Waals surface area (Å²) in [4.78, 5) is 4.73. The lowest BCUT2D eigenvalue weighted by atomic mass is 9.78. The van der Waals surface area contributed by atoms with Crippen LogP contribution in [-0.2, 0) is 0 Å². The zero-order valence-corrected chi connectivity index (χ0v) is 14.8. The lowest BCUT2D eigenvalue weighted by Gasteiger charge is -2.27. The molecule has 0 amide bonds. The van der Waals surface area contributed by atoms with Crippen LogP contribution in [0.1, 0.15) is 79.1 Å². The van der Waals surface area contributed by atoms with Gasteiger partial charge in [-0.1, -0.05) is 30.9 Å². The summed E-state index contributed by atoms with van der Waals surface area (Å²) in [5.74, 6) is 1.79. The third-order valence-electron chi connectivity index (χ3n) is 5.47. The van der Waals surface area contributed by atoms with Crippen LogP contribution in [0.2, 0.25) is 0 Å². The number of rotatable bonds is 4. The van der Waals surface area contributed by atoms with Gasteiger partial charge in [-0.15, -0.1) is 0 Å². The molecule has 0 bridgehead atoms. The molecule has 21 heavy (non-hydrogen) atoms. The summed E-state index contributed by atoms with van der Waals surface area (Å²) in [5.41, 5.74) is 7.55. The van der Waals surface area contributed by atoms with Crippen LogP contribution < -0.4 is 0 Å². The maximum Gasteiger partial charge on any atom is 0.0421 e. The Bertz CT molecular complexity index is 452. The Morgan fingerprint density at radius 1 is 1.10 bits per heavy atom. The fourth-order valence-corrected chi connectivity index (χ4v) is 4.11. The normalized spacial score (nSPS) is 27.2. The van der Waals surface area contributed by atoms with Crippen LogP contribution >= 0.6 is 0 Å². The molecule has 0 saturated heterocycles. The Hall–Kier alpha value is -0.850. The summed E-state index contributed by atoms with van der Waals surface area (Å²) >= 11 is 0. The van der Waals surface area contributed by atoms with Gasteiger partial charge in [0.1, 0.15) is 0 Å². The minimum atomic E-state index is 0.858. The van der Waals surface area contributed by atoms with Crippen molar-refractivity contribution in [2.45, 2.75) is 79.1 Å². The summed E-state index contributed by atoms with van der Waals surface area (Å²) in [6.45, 7) is 9.25. The molecular weight excluding hydrogens is 254 g/mol. The highest BCUT2D eigenvalue weighted by atomic mass is 14.7. The molecule has 0 spiro atoms. The molecule has 0 aromatic heterocycles. The van der Waals surface area contributed by atoms with Gasteiger partial charge in [0, 0.05) is 12.8 Å². The molecule has 118 valence electrons. The highest BCUT2D eigenvalue weighted by molar-refractivity contribution is 6.04. The molecule has 0 radical (unpaired) electrons. The van der Waals surface area contributed by atoms with Crippen molar-refractivity contribution in [3.05, 3.63) is 22.3 Å². The predicted molar refractivity (Wildman–Crippen MR) is 94.0 cm³/mol. The van der Waals surface area contributed by atoms with E-state index in [1.807, 2.05) is 7.05 Å². The van der Waals surface area contributed by atoms with Gasteiger partial charge < -0.3 is 0 Å². The highest BCUT2D eigenvalue weighted by Crippen LogP contribution is 2.36. The minimum absolute atomic E-state index is 0.858. The van der Waals surface area contributed by atoms with Gasteiger partial charge in [0.2, 0.25) is 0 Å². The van der Waals surface area contributed by atoms with Crippen LogP contribution in [0.4, 0.5) is 0 Å². The quantitative estimate of drug-likeness (QED) is 0.553. The van der Waals surface area contributed by atoms with Crippen molar-refractivity contribution in [3.63, 3.8) is 0 Å². The Kier molecular flexibility index (Phi) is 5.84. The number of allylic oxidation sites excluding steroid dienone is 4. The lowest BCUT2D eigenvalue weighted by Crippen LogP contribution is -2.18. The lowest BCUT2D eigenvalue weighted by molar-refractivity contribution is 0.296. The Morgan fingerprint density at radius 3 is 2.24 bits per heavy atom. The van der Waals surface area contributed by atoms with Gasteiger partial charge in [-0.3, -0.25) is 4.99 Å². The summed E-state index contributed by atoms with van der Waals surface area (Å²) in [7, 11) is 1.99. The zero-order valence-electron chi connectivity index (χ0n) is 14.8. The molecule has 0 aliphatic heterocycles. The van der Waals surface area contributed by atoms with Gasteiger partial charge in [0.15, 0.2) is 0 Å². The first-order valence-corrected chi connectivity index (χ1v) is 8.85. The molecule has 1 nitrogen and oxygen atoms in total. The summed E-state index contributed by atoms with van der Waals surface area (Å²) < 4.78 is 0. The molecule has 0 N–H and O–H groups in total. The summed E-state index contributed by atoms with van der Waals surface area (Å²) in [6, 6.07) is 0. The Balaban J connectivity index is 2.15. The maximum atomic E-state index is 4.73. The van der Waals surface area contributed by atoms with E-state index in [1.165, 1.54) is 68.2 Å². The smallest absolute Gasteiger partial charge is 0.0421 e. The summed E-state index contributed by atoms with van der Waals surface area (Å²) in [5, 5.41) is 0. The fraction of sp³-hybridized carbons (Fsp3) is 0.750. The van der Waals surface area contributed by atoms with E-state index in [0.29, 0.717) is 0 Å². The molecule has 0 aromatic rings. The topological polar surface area (TPSA) is 12.4 Å². The molecule has 0 aromatic carbocycles. The van der Waals surface area contributed by atoms with Crippen molar-refractivity contribution in [3.8, 4) is 0 Å². The minimum Gasteiger partial charge on any atom is -0.292 e. The van der Waals surface area contributed by atoms with Gasteiger partial charge >= 0.3 is 0 Å². The molecule has 2 aliphatic carbocycles. The van der Waals surface area contributed by atoms with Crippen LogP contribution in [0.5, 0.6) is 0 Å². The van der Waals surface area contributed by atoms with E-state index in [4.69, 9.17) is 4.99 Å². The van der Waals surface area contributed by atoms with Gasteiger partial charge in [0.05, 0.1) is 0 Å². The maximum absolute atomic E-state index is 4.73. The van der Waals surface area contributed by atoms with Crippen molar-refractivity contribution >= 4 is 5.71 Å². The van der Waals surface area contributed by atoms with Crippen LogP contribution in [0.25, 0.3) is 0 Å². The van der Waals surface area contributed by atoms with Crippen molar-refractivity contribution < 1.29 is 0 Å². The van der Waals surface area contributed by atoms with E-state index in [9.17, 15) is 0 Å². The van der Waals surface area contributed by atoms with Crippen molar-refractivity contribution in [2.75, 3.05) is 7.05 Å². The average Bonchev–Trinajstić information content (AvgIpc) is 2.86. The van der Waals surface area contributed by atoms with Crippen LogP contribution in [0, 0.1) is 11.8 Å². The van der Waals surface area contributed by atoms with Crippen LogP contribution in [-0.4, -0.2) is 12.8 Å². The van der Waals surface area contributed by atoms with E-state index < -0.39 is 0 Å². The molecule has 2 aliphatic rings. The number of nitrogens with zero attached hydrogens (tertiary/aromatic N) is 1. The second-order valence-electron chi connectivity index (χ2n) is 7.49. The third-order valence-corrected chi connectivity index (χ3v) is 5.47. The first-order chi connectivity index (χ1) is 10.0. The second kappa shape index (κ2) is 7.42. The van der Waals surface area contributed by atoms with Gasteiger partial charge in [-0.2, -0.15) is 0 Å². The Labute approximate surface area is 131 Å². The number of aliphatic imine (C=N–C) groups is 1. The predicted octanol–water partition coefficient (Wildman–Crippen LogP) is 6.11. The van der Waals surface area contributed by atoms with Gasteiger partial charge in [0.25, 0.3) is 0 Å². The van der Waals surface area contributed by atoms with E-state index in [2.05, 4.69) is 27.7 Å². The third kappa shape index (κ3) is 4.08. The second-order valence-corrected chi connectivity index (χ2v) is 7.49. The van der Waals surface area contributed by atoms with Crippen molar-refractivity contribution in [1.29, 1.82) is 0 Å². The molecule has 0 unspecified atom stereocenters. The van der Waals surface area contributed by atoms with Gasteiger partial charge in [-0.25, -0.2) is 0 Å². The van der Waals surface area contributed by atoms with Crippen LogP contribution in [0.3, 0.4) is 0 Å². The first-order valence-electron chi connectivity index (χ1n) is 8.85. The SMILES string of the molecule is C/N=C(/CC1CCC(C)CC1)C(=C(C)C)C1=C(C)CCC1. The first kappa shape index (κ1) is 16.5. The largest absolute Gasteiger partial charge is 0.292 e.